The summed E-state index contributed by atoms with van der Waals surface area (Å²) in [4.78, 5) is 25.4. The van der Waals surface area contributed by atoms with Crippen LogP contribution in [-0.4, -0.2) is 37.4 Å². The van der Waals surface area contributed by atoms with Crippen molar-refractivity contribution < 1.29 is 37.0 Å². The van der Waals surface area contributed by atoms with Gasteiger partial charge in [-0.1, -0.05) is 101 Å². The lowest BCUT2D eigenvalue weighted by Crippen LogP contribution is -2.53. The maximum absolute atomic E-state index is 14.2. The molecule has 1 fully saturated rings. The second-order valence-electron chi connectivity index (χ2n) is 9.34. The predicted molar refractivity (Wildman–Crippen MR) is 127 cm³/mol. The number of ether oxygens (including phenoxy) is 3. The van der Waals surface area contributed by atoms with E-state index in [1.54, 1.807) is 6.07 Å². The van der Waals surface area contributed by atoms with E-state index >= 15 is 0 Å². The molecule has 1 saturated heterocycles. The fourth-order valence-electron chi connectivity index (χ4n) is 4.70. The first-order chi connectivity index (χ1) is 16.7. The zero-order valence-electron chi connectivity index (χ0n) is 21.1. The molecule has 0 radical (unpaired) electrons. The van der Waals surface area contributed by atoms with Gasteiger partial charge in [-0.2, -0.15) is 13.2 Å². The Kier molecular flexibility index (Phi) is 11.5. The van der Waals surface area contributed by atoms with Crippen molar-refractivity contribution in [3.8, 4) is 0 Å². The van der Waals surface area contributed by atoms with E-state index in [2.05, 4.69) is 6.92 Å². The summed E-state index contributed by atoms with van der Waals surface area (Å²) in [6.07, 6.45) is 4.62. The molecule has 2 rings (SSSR count). The minimum atomic E-state index is -5.07. The van der Waals surface area contributed by atoms with Crippen molar-refractivity contribution in [2.75, 3.05) is 7.11 Å². The summed E-state index contributed by atoms with van der Waals surface area (Å²) in [6.45, 7) is 3.72. The van der Waals surface area contributed by atoms with E-state index in [-0.39, 0.29) is 5.56 Å². The van der Waals surface area contributed by atoms with Gasteiger partial charge in [-0.25, -0.2) is 4.79 Å². The lowest BCUT2D eigenvalue weighted by atomic mass is 9.91. The van der Waals surface area contributed by atoms with Crippen molar-refractivity contribution in [3.05, 3.63) is 35.9 Å². The summed E-state index contributed by atoms with van der Waals surface area (Å²) in [7, 11) is 0.822. The minimum Gasteiger partial charge on any atom is -0.458 e. The molecule has 0 amide bonds. The molecule has 1 unspecified atom stereocenters. The van der Waals surface area contributed by atoms with Crippen molar-refractivity contribution in [1.82, 2.24) is 0 Å². The second-order valence-corrected chi connectivity index (χ2v) is 9.34. The molecule has 0 aromatic heterocycles. The highest BCUT2D eigenvalue weighted by Crippen LogP contribution is 2.44. The molecular weight excluding hydrogens is 461 g/mol. The number of methoxy groups -OCH3 is 1. The van der Waals surface area contributed by atoms with E-state index in [1.807, 2.05) is 0 Å². The number of carbonyl (C=O) groups is 2. The van der Waals surface area contributed by atoms with Gasteiger partial charge in [0.1, 0.15) is 6.10 Å². The topological polar surface area (TPSA) is 61.8 Å². The Morgan fingerprint density at radius 3 is 2.00 bits per heavy atom. The fraction of sp³-hybridized carbons (Fsp3) is 0.704. The van der Waals surface area contributed by atoms with Crippen molar-refractivity contribution in [2.24, 2.45) is 5.92 Å². The number of benzene rings is 1. The average molecular weight is 501 g/mol. The molecule has 0 saturated carbocycles. The van der Waals surface area contributed by atoms with E-state index in [1.165, 1.54) is 69.7 Å². The zero-order chi connectivity index (χ0) is 25.9. The predicted octanol–water partition coefficient (Wildman–Crippen LogP) is 6.87. The first-order valence-corrected chi connectivity index (χ1v) is 12.8. The largest absolute Gasteiger partial charge is 0.458 e. The van der Waals surface area contributed by atoms with Gasteiger partial charge in [-0.05, 0) is 13.3 Å². The Balaban J connectivity index is 1.97. The molecule has 35 heavy (non-hydrogen) atoms. The number of alkyl halides is 3. The van der Waals surface area contributed by atoms with Gasteiger partial charge in [0.25, 0.3) is 5.60 Å². The normalized spacial score (nSPS) is 22.0. The van der Waals surface area contributed by atoms with Gasteiger partial charge in [0, 0.05) is 12.7 Å². The number of unbranched alkanes of at least 4 members (excludes halogenated alkanes) is 9. The minimum absolute atomic E-state index is 0.385. The number of cyclic esters (lactones) is 1. The first kappa shape index (κ1) is 29.1. The molecule has 1 aromatic rings. The monoisotopic (exact) mass is 500 g/mol. The van der Waals surface area contributed by atoms with E-state index in [0.717, 1.165) is 26.4 Å². The van der Waals surface area contributed by atoms with Gasteiger partial charge in [0.05, 0.1) is 5.92 Å². The Morgan fingerprint density at radius 1 is 0.943 bits per heavy atom. The van der Waals surface area contributed by atoms with Crippen LogP contribution in [0, 0.1) is 5.92 Å². The zero-order valence-corrected chi connectivity index (χ0v) is 21.1. The van der Waals surface area contributed by atoms with Crippen LogP contribution in [0.3, 0.4) is 0 Å². The molecule has 1 aromatic carbocycles. The SMILES string of the molecule is CCCCCCCCCCCCC1C(=O)O[C@@H](C)[C@@H]1OC(=O)[C@@](OC)(c1ccccc1)C(F)(F)F. The highest BCUT2D eigenvalue weighted by Gasteiger charge is 2.65. The number of rotatable bonds is 15. The van der Waals surface area contributed by atoms with Gasteiger partial charge < -0.3 is 14.2 Å². The Bertz CT molecular complexity index is 783. The summed E-state index contributed by atoms with van der Waals surface area (Å²) in [6, 6.07) is 6.65. The molecule has 0 aliphatic carbocycles. The molecular formula is C27H39F3O5. The van der Waals surface area contributed by atoms with E-state index in [4.69, 9.17) is 14.2 Å². The molecule has 0 spiro atoms. The third kappa shape index (κ3) is 7.45. The van der Waals surface area contributed by atoms with Gasteiger partial charge in [-0.3, -0.25) is 4.79 Å². The highest BCUT2D eigenvalue weighted by molar-refractivity contribution is 5.84. The third-order valence-corrected chi connectivity index (χ3v) is 6.75. The Hall–Kier alpha value is -2.09. The van der Waals surface area contributed by atoms with Gasteiger partial charge in [0.15, 0.2) is 6.10 Å². The quantitative estimate of drug-likeness (QED) is 0.194. The lowest BCUT2D eigenvalue weighted by Gasteiger charge is -2.34. The lowest BCUT2D eigenvalue weighted by molar-refractivity contribution is -0.279. The van der Waals surface area contributed by atoms with E-state index in [0.29, 0.717) is 12.8 Å². The van der Waals surface area contributed by atoms with Crippen LogP contribution in [0.5, 0.6) is 0 Å². The number of halogens is 3. The third-order valence-electron chi connectivity index (χ3n) is 6.75. The van der Waals surface area contributed by atoms with Crippen molar-refractivity contribution in [3.63, 3.8) is 0 Å². The van der Waals surface area contributed by atoms with Gasteiger partial charge >= 0.3 is 18.1 Å². The summed E-state index contributed by atoms with van der Waals surface area (Å²) >= 11 is 0. The van der Waals surface area contributed by atoms with Crippen LogP contribution < -0.4 is 0 Å². The van der Waals surface area contributed by atoms with E-state index in [9.17, 15) is 22.8 Å². The molecule has 1 aliphatic rings. The van der Waals surface area contributed by atoms with Crippen LogP contribution in [0.2, 0.25) is 0 Å². The Labute approximate surface area is 206 Å². The summed E-state index contributed by atoms with van der Waals surface area (Å²) in [5.41, 5.74) is -3.68. The number of esters is 2. The summed E-state index contributed by atoms with van der Waals surface area (Å²) < 4.78 is 57.9. The molecule has 8 heteroatoms. The molecule has 0 N–H and O–H groups in total. The van der Waals surface area contributed by atoms with E-state index < -0.39 is 41.8 Å². The molecule has 0 bridgehead atoms. The standard InChI is InChI=1S/C27H39F3O5/c1-4-5-6-7-8-9-10-11-12-16-19-22-23(20(2)34-24(22)31)35-25(32)26(33-3,27(28,29)30)21-17-14-13-15-18-21/h13-15,17-18,20,22-23H,4-12,16,19H2,1-3H3/t20-,22?,23-,26-/m0/s1. The molecule has 1 heterocycles. The molecule has 1 aliphatic heterocycles. The van der Waals surface area contributed by atoms with Crippen LogP contribution in [0.25, 0.3) is 0 Å². The van der Waals surface area contributed by atoms with Crippen LogP contribution in [0.4, 0.5) is 13.2 Å². The first-order valence-electron chi connectivity index (χ1n) is 12.8. The molecule has 4 atom stereocenters. The molecule has 5 nitrogen and oxygen atoms in total. The second kappa shape index (κ2) is 13.9. The average Bonchev–Trinajstić information content (AvgIpc) is 3.07. The number of hydrogen-bond donors (Lipinski definition) is 0. The summed E-state index contributed by atoms with van der Waals surface area (Å²) in [5.74, 6) is -2.93. The van der Waals surface area contributed by atoms with Crippen LogP contribution in [0.15, 0.2) is 30.3 Å². The number of carbonyl (C=O) groups excluding carboxylic acids is 2. The fourth-order valence-corrected chi connectivity index (χ4v) is 4.70. The van der Waals surface area contributed by atoms with Crippen molar-refractivity contribution >= 4 is 11.9 Å². The van der Waals surface area contributed by atoms with Crippen molar-refractivity contribution in [1.29, 1.82) is 0 Å². The summed E-state index contributed by atoms with van der Waals surface area (Å²) in [5, 5.41) is 0. The van der Waals surface area contributed by atoms with Gasteiger partial charge in [-0.15, -0.1) is 0 Å². The maximum atomic E-state index is 14.2. The van der Waals surface area contributed by atoms with Crippen LogP contribution >= 0.6 is 0 Å². The van der Waals surface area contributed by atoms with Crippen molar-refractivity contribution in [2.45, 2.75) is 108 Å². The smallest absolute Gasteiger partial charge is 0.432 e. The maximum Gasteiger partial charge on any atom is 0.432 e. The molecule has 198 valence electrons. The van der Waals surface area contributed by atoms with Crippen LogP contribution in [-0.2, 0) is 29.4 Å². The van der Waals surface area contributed by atoms with Gasteiger partial charge in [0.2, 0.25) is 0 Å². The number of hydrogen-bond acceptors (Lipinski definition) is 5. The highest BCUT2D eigenvalue weighted by atomic mass is 19.4. The van der Waals surface area contributed by atoms with Crippen LogP contribution in [0.1, 0.15) is 90.0 Å². The Morgan fingerprint density at radius 2 is 1.49 bits per heavy atom.